The van der Waals surface area contributed by atoms with Crippen LogP contribution in [0.25, 0.3) is 22.8 Å². The number of carbonyl (C=O) groups is 1. The predicted octanol–water partition coefficient (Wildman–Crippen LogP) is 3.95. The molecule has 0 aliphatic heterocycles. The van der Waals surface area contributed by atoms with E-state index in [2.05, 4.69) is 15.5 Å². The molecule has 4 rings (SSSR count). The molecule has 0 spiro atoms. The number of carbonyl (C=O) groups excluding carboxylic acids is 1. The van der Waals surface area contributed by atoms with Gasteiger partial charge in [0.2, 0.25) is 5.82 Å². The second kappa shape index (κ2) is 8.73. The van der Waals surface area contributed by atoms with E-state index in [0.29, 0.717) is 34.4 Å². The summed E-state index contributed by atoms with van der Waals surface area (Å²) in [4.78, 5) is 17.2. The highest BCUT2D eigenvalue weighted by molar-refractivity contribution is 6.30. The van der Waals surface area contributed by atoms with E-state index in [4.69, 9.17) is 21.9 Å². The minimum atomic E-state index is -0.185. The summed E-state index contributed by atoms with van der Waals surface area (Å²) in [5.41, 5.74) is 7.62. The number of nitrogens with zero attached hydrogens (tertiary/aromatic N) is 2. The Hall–Kier alpha value is -2.41. The third-order valence-corrected chi connectivity index (χ3v) is 4.91. The molecule has 1 aliphatic rings. The largest absolute Gasteiger partial charge is 0.348 e. The minimum Gasteiger partial charge on any atom is -0.348 e. The molecule has 28 heavy (non-hydrogen) atoms. The molecule has 0 bridgehead atoms. The van der Waals surface area contributed by atoms with Crippen LogP contribution in [0.4, 0.5) is 0 Å². The number of nitrogens with two attached hydrogens (primary N) is 1. The molecule has 1 aromatic heterocycles. The Morgan fingerprint density at radius 3 is 2.75 bits per heavy atom. The quantitative estimate of drug-likeness (QED) is 0.631. The molecule has 1 aliphatic carbocycles. The zero-order valence-electron chi connectivity index (χ0n) is 15.0. The predicted molar refractivity (Wildman–Crippen MR) is 110 cm³/mol. The van der Waals surface area contributed by atoms with Crippen LogP contribution in [0.3, 0.4) is 0 Å². The Labute approximate surface area is 173 Å². The van der Waals surface area contributed by atoms with Gasteiger partial charge in [-0.2, -0.15) is 4.98 Å². The highest BCUT2D eigenvalue weighted by atomic mass is 35.5. The van der Waals surface area contributed by atoms with Crippen LogP contribution in [0.15, 0.2) is 53.1 Å². The van der Waals surface area contributed by atoms with Gasteiger partial charge in [-0.25, -0.2) is 0 Å². The number of hydrogen-bond acceptors (Lipinski definition) is 5. The smallest absolute Gasteiger partial charge is 0.259 e. The van der Waals surface area contributed by atoms with Gasteiger partial charge < -0.3 is 15.6 Å². The van der Waals surface area contributed by atoms with E-state index in [1.165, 1.54) is 0 Å². The number of amides is 1. The van der Waals surface area contributed by atoms with E-state index in [-0.39, 0.29) is 30.2 Å². The first-order valence-electron chi connectivity index (χ1n) is 8.85. The molecule has 1 amide bonds. The van der Waals surface area contributed by atoms with E-state index in [9.17, 15) is 4.79 Å². The Bertz CT molecular complexity index is 972. The van der Waals surface area contributed by atoms with E-state index in [1.54, 1.807) is 30.3 Å². The summed E-state index contributed by atoms with van der Waals surface area (Å²) < 4.78 is 5.42. The van der Waals surface area contributed by atoms with Crippen molar-refractivity contribution in [2.24, 2.45) is 11.7 Å². The first-order valence-corrected chi connectivity index (χ1v) is 9.23. The summed E-state index contributed by atoms with van der Waals surface area (Å²) in [5, 5.41) is 7.64. The minimum absolute atomic E-state index is 0. The highest BCUT2D eigenvalue weighted by Gasteiger charge is 2.32. The van der Waals surface area contributed by atoms with Crippen molar-refractivity contribution in [3.8, 4) is 22.8 Å². The summed E-state index contributed by atoms with van der Waals surface area (Å²) in [7, 11) is 0. The average Bonchev–Trinajstić information content (AvgIpc) is 3.41. The lowest BCUT2D eigenvalue weighted by Gasteiger charge is -2.16. The SMILES string of the molecule is Cl.NCC(NC(=O)c1ccccc1-c1nc(-c2cccc(Cl)c2)no1)C1CC1. The lowest BCUT2D eigenvalue weighted by Crippen LogP contribution is -2.41. The fourth-order valence-corrected chi connectivity index (χ4v) is 3.25. The Kier molecular flexibility index (Phi) is 6.34. The molecule has 1 saturated carbocycles. The molecular weight excluding hydrogens is 399 g/mol. The zero-order valence-corrected chi connectivity index (χ0v) is 16.5. The molecular formula is C20H20Cl2N4O2. The molecule has 1 atom stereocenters. The van der Waals surface area contributed by atoms with Gasteiger partial charge in [-0.3, -0.25) is 4.79 Å². The van der Waals surface area contributed by atoms with Crippen LogP contribution in [0.5, 0.6) is 0 Å². The van der Waals surface area contributed by atoms with Gasteiger partial charge in [0.25, 0.3) is 11.8 Å². The topological polar surface area (TPSA) is 94.0 Å². The summed E-state index contributed by atoms with van der Waals surface area (Å²) in [5.74, 6) is 0.992. The number of benzene rings is 2. The zero-order chi connectivity index (χ0) is 18.8. The Morgan fingerprint density at radius 1 is 1.25 bits per heavy atom. The Balaban J connectivity index is 0.00000225. The molecule has 1 unspecified atom stereocenters. The fraction of sp³-hybridized carbons (Fsp3) is 0.250. The van der Waals surface area contributed by atoms with E-state index in [0.717, 1.165) is 18.4 Å². The van der Waals surface area contributed by atoms with Gasteiger partial charge in [-0.05, 0) is 43.0 Å². The van der Waals surface area contributed by atoms with E-state index >= 15 is 0 Å². The number of aromatic nitrogens is 2. The average molecular weight is 419 g/mol. The van der Waals surface area contributed by atoms with Crippen LogP contribution in [0.1, 0.15) is 23.2 Å². The van der Waals surface area contributed by atoms with Gasteiger partial charge in [0.1, 0.15) is 0 Å². The molecule has 146 valence electrons. The van der Waals surface area contributed by atoms with E-state index in [1.807, 2.05) is 18.2 Å². The van der Waals surface area contributed by atoms with Gasteiger partial charge in [-0.1, -0.05) is 41.0 Å². The lowest BCUT2D eigenvalue weighted by atomic mass is 10.1. The van der Waals surface area contributed by atoms with Gasteiger partial charge in [-0.15, -0.1) is 12.4 Å². The maximum absolute atomic E-state index is 12.8. The van der Waals surface area contributed by atoms with Gasteiger partial charge in [0.15, 0.2) is 0 Å². The van der Waals surface area contributed by atoms with Crippen LogP contribution >= 0.6 is 24.0 Å². The molecule has 1 fully saturated rings. The summed E-state index contributed by atoms with van der Waals surface area (Å²) >= 11 is 6.03. The van der Waals surface area contributed by atoms with Gasteiger partial charge >= 0.3 is 0 Å². The summed E-state index contributed by atoms with van der Waals surface area (Å²) in [6, 6.07) is 14.4. The first kappa shape index (κ1) is 20.3. The highest BCUT2D eigenvalue weighted by Crippen LogP contribution is 2.33. The van der Waals surface area contributed by atoms with Crippen molar-refractivity contribution in [1.82, 2.24) is 15.5 Å². The molecule has 2 aromatic carbocycles. The summed E-state index contributed by atoms with van der Waals surface area (Å²) in [6.45, 7) is 0.429. The normalized spacial score (nSPS) is 14.2. The van der Waals surface area contributed by atoms with Gasteiger partial charge in [0, 0.05) is 23.2 Å². The van der Waals surface area contributed by atoms with Crippen LogP contribution in [0.2, 0.25) is 5.02 Å². The van der Waals surface area contributed by atoms with Gasteiger partial charge in [0.05, 0.1) is 11.1 Å². The second-order valence-corrected chi connectivity index (χ2v) is 7.07. The monoisotopic (exact) mass is 418 g/mol. The molecule has 3 N–H and O–H groups in total. The first-order chi connectivity index (χ1) is 13.2. The lowest BCUT2D eigenvalue weighted by molar-refractivity contribution is 0.0934. The number of rotatable bonds is 6. The van der Waals surface area contributed by atoms with Crippen LogP contribution in [-0.2, 0) is 0 Å². The standard InChI is InChI=1S/C20H19ClN4O2.ClH/c21-14-5-3-4-13(10-14)18-24-20(27-25-18)16-7-2-1-6-15(16)19(26)23-17(11-22)12-8-9-12;/h1-7,10,12,17H,8-9,11,22H2,(H,23,26);1H. The molecule has 0 saturated heterocycles. The van der Waals surface area contributed by atoms with Crippen LogP contribution in [0, 0.1) is 5.92 Å². The van der Waals surface area contributed by atoms with Crippen molar-refractivity contribution in [2.45, 2.75) is 18.9 Å². The third-order valence-electron chi connectivity index (χ3n) is 4.67. The van der Waals surface area contributed by atoms with Crippen molar-refractivity contribution in [2.75, 3.05) is 6.54 Å². The van der Waals surface area contributed by atoms with Crippen molar-refractivity contribution >= 4 is 29.9 Å². The summed E-state index contributed by atoms with van der Waals surface area (Å²) in [6.07, 6.45) is 2.22. The fourth-order valence-electron chi connectivity index (χ4n) is 3.06. The molecule has 3 aromatic rings. The van der Waals surface area contributed by atoms with Crippen molar-refractivity contribution < 1.29 is 9.32 Å². The molecule has 1 heterocycles. The van der Waals surface area contributed by atoms with Crippen molar-refractivity contribution in [1.29, 1.82) is 0 Å². The number of nitrogens with one attached hydrogen (secondary N) is 1. The number of hydrogen-bond donors (Lipinski definition) is 2. The van der Waals surface area contributed by atoms with Crippen LogP contribution < -0.4 is 11.1 Å². The van der Waals surface area contributed by atoms with Crippen LogP contribution in [-0.4, -0.2) is 28.6 Å². The third kappa shape index (κ3) is 4.35. The maximum Gasteiger partial charge on any atom is 0.259 e. The van der Waals surface area contributed by atoms with Crippen molar-refractivity contribution in [3.05, 3.63) is 59.1 Å². The number of halogens is 2. The Morgan fingerprint density at radius 2 is 2.04 bits per heavy atom. The second-order valence-electron chi connectivity index (χ2n) is 6.63. The molecule has 0 radical (unpaired) electrons. The molecule has 8 heteroatoms. The molecule has 6 nitrogen and oxygen atoms in total. The van der Waals surface area contributed by atoms with E-state index < -0.39 is 0 Å². The maximum atomic E-state index is 12.8. The van der Waals surface area contributed by atoms with Crippen molar-refractivity contribution in [3.63, 3.8) is 0 Å².